The van der Waals surface area contributed by atoms with Gasteiger partial charge in [0.2, 0.25) is 0 Å². The Hall–Kier alpha value is -0.650. The van der Waals surface area contributed by atoms with Crippen LogP contribution in [0.1, 0.15) is 26.2 Å². The molecule has 1 aliphatic carbocycles. The molecule has 1 saturated heterocycles. The molecule has 0 aromatic carbocycles. The summed E-state index contributed by atoms with van der Waals surface area (Å²) in [6, 6.07) is 0.102. The van der Waals surface area contributed by atoms with Crippen molar-refractivity contribution in [1.82, 2.24) is 15.1 Å². The van der Waals surface area contributed by atoms with Crippen molar-refractivity contribution in [3.8, 4) is 0 Å². The lowest BCUT2D eigenvalue weighted by atomic mass is 10.2. The molecule has 0 aromatic rings. The monoisotopic (exact) mass is 255 g/mol. The van der Waals surface area contributed by atoms with Gasteiger partial charge in [-0.1, -0.05) is 6.92 Å². The Morgan fingerprint density at radius 2 is 1.89 bits per heavy atom. The number of likely N-dealkylation sites (N-methyl/N-ethyl adjacent to an activating group) is 1. The van der Waals surface area contributed by atoms with Gasteiger partial charge in [0.15, 0.2) is 0 Å². The number of piperazine rings is 1. The smallest absolute Gasteiger partial charge is 0.320 e. The van der Waals surface area contributed by atoms with Crippen LogP contribution in [-0.4, -0.2) is 72.2 Å². The minimum absolute atomic E-state index is 0.360. The first-order valence-corrected chi connectivity index (χ1v) is 7.12. The molecule has 0 radical (unpaired) electrons. The van der Waals surface area contributed by atoms with E-state index in [1.54, 1.807) is 0 Å². The summed E-state index contributed by atoms with van der Waals surface area (Å²) in [6.07, 6.45) is 3.00. The normalized spacial score (nSPS) is 24.1. The second-order valence-corrected chi connectivity index (χ2v) is 5.40. The predicted molar refractivity (Wildman–Crippen MR) is 70.8 cm³/mol. The maximum atomic E-state index is 11.1. The van der Waals surface area contributed by atoms with Gasteiger partial charge in [0.1, 0.15) is 6.04 Å². The molecule has 1 heterocycles. The number of carbonyl (C=O) groups is 1. The fourth-order valence-electron chi connectivity index (χ4n) is 2.45. The Balaban J connectivity index is 1.67. The van der Waals surface area contributed by atoms with Gasteiger partial charge in [-0.3, -0.25) is 4.79 Å². The molecule has 2 rings (SSSR count). The van der Waals surface area contributed by atoms with Crippen molar-refractivity contribution in [3.63, 3.8) is 0 Å². The van der Waals surface area contributed by atoms with E-state index in [2.05, 4.69) is 22.0 Å². The quantitative estimate of drug-likeness (QED) is 0.681. The van der Waals surface area contributed by atoms with Gasteiger partial charge in [-0.25, -0.2) is 0 Å². The van der Waals surface area contributed by atoms with Crippen LogP contribution in [0, 0.1) is 0 Å². The summed E-state index contributed by atoms with van der Waals surface area (Å²) in [6.45, 7) is 8.58. The van der Waals surface area contributed by atoms with Crippen LogP contribution in [0.25, 0.3) is 0 Å². The Kier molecular flexibility index (Phi) is 4.97. The molecule has 18 heavy (non-hydrogen) atoms. The summed E-state index contributed by atoms with van der Waals surface area (Å²) in [5.41, 5.74) is 0. The molecular weight excluding hydrogens is 230 g/mol. The maximum absolute atomic E-state index is 11.1. The lowest BCUT2D eigenvalue weighted by molar-refractivity contribution is -0.139. The molecule has 104 valence electrons. The van der Waals surface area contributed by atoms with E-state index in [1.807, 2.05) is 0 Å². The number of carboxylic acid groups (broad SMARTS) is 1. The number of aliphatic carboxylic acids is 1. The fourth-order valence-corrected chi connectivity index (χ4v) is 2.45. The topological polar surface area (TPSA) is 55.8 Å². The molecule has 5 nitrogen and oxygen atoms in total. The van der Waals surface area contributed by atoms with Crippen molar-refractivity contribution in [2.75, 3.05) is 39.3 Å². The van der Waals surface area contributed by atoms with Crippen LogP contribution in [0.2, 0.25) is 0 Å². The summed E-state index contributed by atoms with van der Waals surface area (Å²) in [5.74, 6) is -0.700. The van der Waals surface area contributed by atoms with E-state index in [0.29, 0.717) is 6.04 Å². The highest BCUT2D eigenvalue weighted by Gasteiger charge is 2.28. The van der Waals surface area contributed by atoms with Crippen LogP contribution in [0.4, 0.5) is 0 Å². The fraction of sp³-hybridized carbons (Fsp3) is 0.923. The maximum Gasteiger partial charge on any atom is 0.320 e. The Bertz CT molecular complexity index is 273. The van der Waals surface area contributed by atoms with Crippen molar-refractivity contribution < 1.29 is 9.90 Å². The van der Waals surface area contributed by atoms with Crippen LogP contribution in [0.3, 0.4) is 0 Å². The summed E-state index contributed by atoms with van der Waals surface area (Å²) in [7, 11) is 0. The number of nitrogens with one attached hydrogen (secondary N) is 1. The predicted octanol–water partition coefficient (Wildman–Crippen LogP) is 0.219. The summed E-state index contributed by atoms with van der Waals surface area (Å²) < 4.78 is 0. The molecule has 2 aliphatic rings. The van der Waals surface area contributed by atoms with Gasteiger partial charge in [0.05, 0.1) is 0 Å². The van der Waals surface area contributed by atoms with E-state index in [-0.39, 0.29) is 6.04 Å². The van der Waals surface area contributed by atoms with Crippen molar-refractivity contribution in [1.29, 1.82) is 0 Å². The van der Waals surface area contributed by atoms with E-state index in [4.69, 9.17) is 0 Å². The number of hydrogen-bond donors (Lipinski definition) is 2. The molecule has 0 spiro atoms. The van der Waals surface area contributed by atoms with Gasteiger partial charge in [-0.2, -0.15) is 0 Å². The van der Waals surface area contributed by atoms with E-state index in [9.17, 15) is 9.90 Å². The molecule has 5 heteroatoms. The van der Waals surface area contributed by atoms with Gasteiger partial charge in [-0.05, 0) is 25.8 Å². The number of carboxylic acids is 1. The molecule has 2 fully saturated rings. The highest BCUT2D eigenvalue weighted by atomic mass is 16.4. The first-order chi connectivity index (χ1) is 8.69. The van der Waals surface area contributed by atoms with E-state index >= 15 is 0 Å². The van der Waals surface area contributed by atoms with Gasteiger partial charge in [0, 0.05) is 38.8 Å². The highest BCUT2D eigenvalue weighted by molar-refractivity contribution is 5.73. The summed E-state index contributed by atoms with van der Waals surface area (Å²) >= 11 is 0. The van der Waals surface area contributed by atoms with Crippen LogP contribution < -0.4 is 5.32 Å². The first-order valence-electron chi connectivity index (χ1n) is 7.12. The van der Waals surface area contributed by atoms with E-state index < -0.39 is 5.97 Å². The Morgan fingerprint density at radius 3 is 2.39 bits per heavy atom. The third kappa shape index (κ3) is 4.23. The molecule has 1 atom stereocenters. The molecule has 0 bridgehead atoms. The lowest BCUT2D eigenvalue weighted by Gasteiger charge is -2.34. The second kappa shape index (κ2) is 6.50. The molecule has 1 unspecified atom stereocenters. The molecule has 0 amide bonds. The van der Waals surface area contributed by atoms with Gasteiger partial charge in [0.25, 0.3) is 0 Å². The van der Waals surface area contributed by atoms with Gasteiger partial charge in [-0.15, -0.1) is 0 Å². The average Bonchev–Trinajstić information content (AvgIpc) is 3.18. The zero-order chi connectivity index (χ0) is 13.0. The molecule has 2 N–H and O–H groups in total. The third-order valence-electron chi connectivity index (χ3n) is 3.96. The molecule has 1 saturated carbocycles. The number of hydrogen-bond acceptors (Lipinski definition) is 4. The average molecular weight is 255 g/mol. The Labute approximate surface area is 109 Å². The van der Waals surface area contributed by atoms with Crippen LogP contribution in [0.5, 0.6) is 0 Å². The molecule has 1 aliphatic heterocycles. The highest BCUT2D eigenvalue weighted by Crippen LogP contribution is 2.20. The second-order valence-electron chi connectivity index (χ2n) is 5.40. The van der Waals surface area contributed by atoms with Gasteiger partial charge < -0.3 is 20.2 Å². The summed E-state index contributed by atoms with van der Waals surface area (Å²) in [4.78, 5) is 16.0. The largest absolute Gasteiger partial charge is 0.480 e. The van der Waals surface area contributed by atoms with E-state index in [1.165, 1.54) is 0 Å². The Morgan fingerprint density at radius 1 is 1.28 bits per heavy atom. The minimum atomic E-state index is -0.700. The summed E-state index contributed by atoms with van der Waals surface area (Å²) in [5, 5.41) is 12.4. The van der Waals surface area contributed by atoms with Crippen molar-refractivity contribution in [2.45, 2.75) is 38.3 Å². The zero-order valence-corrected chi connectivity index (χ0v) is 11.3. The first kappa shape index (κ1) is 13.8. The number of nitrogens with zero attached hydrogens (tertiary/aromatic N) is 2. The molecule has 0 aromatic heterocycles. The van der Waals surface area contributed by atoms with Crippen molar-refractivity contribution in [2.24, 2.45) is 0 Å². The number of rotatable bonds is 7. The minimum Gasteiger partial charge on any atom is -0.480 e. The van der Waals surface area contributed by atoms with Crippen LogP contribution in [0.15, 0.2) is 0 Å². The molecular formula is C13H25N3O2. The lowest BCUT2D eigenvalue weighted by Crippen LogP contribution is -2.48. The zero-order valence-electron chi connectivity index (χ0n) is 11.3. The van der Waals surface area contributed by atoms with E-state index in [0.717, 1.165) is 58.5 Å². The van der Waals surface area contributed by atoms with Crippen molar-refractivity contribution >= 4 is 5.97 Å². The van der Waals surface area contributed by atoms with Gasteiger partial charge >= 0.3 is 5.97 Å². The standard InChI is InChI=1S/C13H25N3O2/c1-2-15-7-9-16(10-8-15)6-5-12(13(17)18)14-11-3-4-11/h11-12,14H,2-10H2,1H3,(H,17,18). The van der Waals surface area contributed by atoms with Crippen LogP contribution in [-0.2, 0) is 4.79 Å². The van der Waals surface area contributed by atoms with Crippen molar-refractivity contribution in [3.05, 3.63) is 0 Å². The van der Waals surface area contributed by atoms with Crippen LogP contribution >= 0.6 is 0 Å². The third-order valence-corrected chi connectivity index (χ3v) is 3.96. The SMILES string of the molecule is CCN1CCN(CCC(NC2CC2)C(=O)O)CC1.